The van der Waals surface area contributed by atoms with Crippen LogP contribution in [0.1, 0.15) is 43.6 Å². The van der Waals surface area contributed by atoms with Gasteiger partial charge in [-0.1, -0.05) is 55.7 Å². The van der Waals surface area contributed by atoms with Crippen LogP contribution in [0.3, 0.4) is 0 Å². The van der Waals surface area contributed by atoms with Crippen molar-refractivity contribution in [2.24, 2.45) is 0 Å². The first-order valence-electron chi connectivity index (χ1n) is 10.5. The number of furan rings is 1. The lowest BCUT2D eigenvalue weighted by molar-refractivity contribution is 0.443. The van der Waals surface area contributed by atoms with Crippen LogP contribution < -0.4 is 0 Å². The second kappa shape index (κ2) is 6.70. The lowest BCUT2D eigenvalue weighted by Gasteiger charge is -2.22. The number of hydrogen-bond donors (Lipinski definition) is 0. The zero-order valence-corrected chi connectivity index (χ0v) is 16.3. The molecule has 0 aliphatic heterocycles. The number of rotatable bonds is 2. The third kappa shape index (κ3) is 2.72. The quantitative estimate of drug-likeness (QED) is 0.325. The SMILES string of the molecule is c1ccc2c(c1)cnc1oc3c(-c4cc(C5CCCCC5)ccn4)cccc3c12. The Kier molecular flexibility index (Phi) is 3.86. The van der Waals surface area contributed by atoms with Gasteiger partial charge in [0.1, 0.15) is 5.58 Å². The smallest absolute Gasteiger partial charge is 0.227 e. The summed E-state index contributed by atoms with van der Waals surface area (Å²) in [7, 11) is 0. The van der Waals surface area contributed by atoms with E-state index in [1.54, 1.807) is 0 Å². The van der Waals surface area contributed by atoms with Crippen LogP contribution in [0.2, 0.25) is 0 Å². The summed E-state index contributed by atoms with van der Waals surface area (Å²) in [6.45, 7) is 0. The van der Waals surface area contributed by atoms with Crippen molar-refractivity contribution in [2.45, 2.75) is 38.0 Å². The first kappa shape index (κ1) is 16.7. The molecule has 1 aliphatic carbocycles. The molecule has 3 aromatic heterocycles. The fraction of sp³-hybridized carbons (Fsp3) is 0.231. The second-order valence-electron chi connectivity index (χ2n) is 8.12. The first-order valence-corrected chi connectivity index (χ1v) is 10.5. The number of aromatic nitrogens is 2. The molecule has 3 nitrogen and oxygen atoms in total. The van der Waals surface area contributed by atoms with Gasteiger partial charge in [-0.05, 0) is 47.9 Å². The number of nitrogens with zero attached hydrogens (tertiary/aromatic N) is 2. The first-order chi connectivity index (χ1) is 14.4. The molecule has 0 atom stereocenters. The van der Waals surface area contributed by atoms with E-state index in [0.29, 0.717) is 11.6 Å². The lowest BCUT2D eigenvalue weighted by atomic mass is 9.84. The van der Waals surface area contributed by atoms with Crippen LogP contribution in [0.25, 0.3) is 44.1 Å². The molecule has 1 aliphatic rings. The highest BCUT2D eigenvalue weighted by atomic mass is 16.3. The van der Waals surface area contributed by atoms with Crippen LogP contribution in [-0.2, 0) is 0 Å². The molecule has 0 bridgehead atoms. The van der Waals surface area contributed by atoms with Crippen molar-refractivity contribution in [1.82, 2.24) is 9.97 Å². The predicted molar refractivity (Wildman–Crippen MR) is 118 cm³/mol. The Balaban J connectivity index is 1.56. The Bertz CT molecular complexity index is 1350. The maximum Gasteiger partial charge on any atom is 0.227 e. The number of benzene rings is 2. The molecule has 2 aromatic carbocycles. The fourth-order valence-corrected chi connectivity index (χ4v) is 4.91. The number of pyridine rings is 2. The molecule has 1 saturated carbocycles. The van der Waals surface area contributed by atoms with Crippen LogP contribution >= 0.6 is 0 Å². The summed E-state index contributed by atoms with van der Waals surface area (Å²) in [5.41, 5.74) is 5.00. The normalized spacial score (nSPS) is 15.4. The topological polar surface area (TPSA) is 38.9 Å². The van der Waals surface area contributed by atoms with Gasteiger partial charge in [0.25, 0.3) is 0 Å². The minimum atomic E-state index is 0.658. The predicted octanol–water partition coefficient (Wildman–Crippen LogP) is 7.24. The van der Waals surface area contributed by atoms with Crippen LogP contribution in [0.5, 0.6) is 0 Å². The molecule has 0 saturated heterocycles. The molecule has 0 amide bonds. The summed E-state index contributed by atoms with van der Waals surface area (Å²) in [5, 5.41) is 4.50. The summed E-state index contributed by atoms with van der Waals surface area (Å²) in [4.78, 5) is 9.29. The van der Waals surface area contributed by atoms with Crippen LogP contribution in [0.15, 0.2) is 71.4 Å². The summed E-state index contributed by atoms with van der Waals surface area (Å²) >= 11 is 0. The van der Waals surface area contributed by atoms with Gasteiger partial charge in [-0.3, -0.25) is 4.98 Å². The molecule has 5 aromatic rings. The van der Waals surface area contributed by atoms with Gasteiger partial charge in [0.15, 0.2) is 0 Å². The Morgan fingerprint density at radius 1 is 0.828 bits per heavy atom. The van der Waals surface area contributed by atoms with Crippen molar-refractivity contribution in [3.05, 3.63) is 72.6 Å². The summed E-state index contributed by atoms with van der Waals surface area (Å²) < 4.78 is 6.28. The molecule has 0 spiro atoms. The van der Waals surface area contributed by atoms with E-state index >= 15 is 0 Å². The van der Waals surface area contributed by atoms with E-state index in [2.05, 4.69) is 53.5 Å². The third-order valence-electron chi connectivity index (χ3n) is 6.38. The number of para-hydroxylation sites is 1. The molecule has 0 radical (unpaired) electrons. The molecule has 6 rings (SSSR count). The molecule has 142 valence electrons. The highest BCUT2D eigenvalue weighted by Crippen LogP contribution is 2.39. The summed E-state index contributed by atoms with van der Waals surface area (Å²) in [6.07, 6.45) is 10.5. The van der Waals surface area contributed by atoms with E-state index in [1.165, 1.54) is 43.1 Å². The molecule has 3 heterocycles. The minimum absolute atomic E-state index is 0.658. The molecular formula is C26H22N2O. The van der Waals surface area contributed by atoms with Crippen molar-refractivity contribution in [3.8, 4) is 11.3 Å². The van der Waals surface area contributed by atoms with E-state index in [0.717, 1.165) is 33.0 Å². The Hall–Kier alpha value is -3.20. The Labute approximate surface area is 169 Å². The van der Waals surface area contributed by atoms with Crippen molar-refractivity contribution in [3.63, 3.8) is 0 Å². The molecule has 0 N–H and O–H groups in total. The van der Waals surface area contributed by atoms with E-state index in [1.807, 2.05) is 18.5 Å². The maximum absolute atomic E-state index is 6.28. The van der Waals surface area contributed by atoms with Crippen molar-refractivity contribution < 1.29 is 4.42 Å². The molecule has 29 heavy (non-hydrogen) atoms. The van der Waals surface area contributed by atoms with E-state index in [9.17, 15) is 0 Å². The van der Waals surface area contributed by atoms with Gasteiger partial charge in [0.2, 0.25) is 5.71 Å². The highest BCUT2D eigenvalue weighted by molar-refractivity contribution is 6.19. The Morgan fingerprint density at radius 3 is 2.62 bits per heavy atom. The number of hydrogen-bond acceptors (Lipinski definition) is 3. The van der Waals surface area contributed by atoms with Crippen molar-refractivity contribution >= 4 is 32.8 Å². The second-order valence-corrected chi connectivity index (χ2v) is 8.12. The van der Waals surface area contributed by atoms with Crippen LogP contribution in [-0.4, -0.2) is 9.97 Å². The van der Waals surface area contributed by atoms with E-state index in [-0.39, 0.29) is 0 Å². The highest BCUT2D eigenvalue weighted by Gasteiger charge is 2.19. The van der Waals surface area contributed by atoms with Gasteiger partial charge < -0.3 is 4.42 Å². The standard InChI is InChI=1S/C26H22N2O/c1-2-7-17(8-3-1)18-13-14-27-23(15-18)21-11-6-12-22-24-20-10-5-4-9-19(20)16-28-26(24)29-25(21)22/h4-6,9-17H,1-3,7-8H2. The van der Waals surface area contributed by atoms with Crippen molar-refractivity contribution in [2.75, 3.05) is 0 Å². The molecule has 3 heteroatoms. The summed E-state index contributed by atoms with van der Waals surface area (Å²) in [6, 6.07) is 19.1. The van der Waals surface area contributed by atoms with Gasteiger partial charge in [-0.25, -0.2) is 4.98 Å². The van der Waals surface area contributed by atoms with Gasteiger partial charge in [0.05, 0.1) is 11.1 Å². The zero-order valence-electron chi connectivity index (χ0n) is 16.3. The largest absolute Gasteiger partial charge is 0.437 e. The minimum Gasteiger partial charge on any atom is -0.437 e. The monoisotopic (exact) mass is 378 g/mol. The zero-order chi connectivity index (χ0) is 19.2. The number of fused-ring (bicyclic) bond motifs is 5. The average Bonchev–Trinajstić information content (AvgIpc) is 3.19. The fourth-order valence-electron chi connectivity index (χ4n) is 4.91. The van der Waals surface area contributed by atoms with E-state index in [4.69, 9.17) is 9.40 Å². The van der Waals surface area contributed by atoms with Gasteiger partial charge in [0, 0.05) is 28.7 Å². The van der Waals surface area contributed by atoms with Gasteiger partial charge in [-0.15, -0.1) is 0 Å². The van der Waals surface area contributed by atoms with Gasteiger partial charge in [-0.2, -0.15) is 0 Å². The summed E-state index contributed by atoms with van der Waals surface area (Å²) in [5.74, 6) is 0.658. The average molecular weight is 378 g/mol. The molecular weight excluding hydrogens is 356 g/mol. The third-order valence-corrected chi connectivity index (χ3v) is 6.38. The van der Waals surface area contributed by atoms with Crippen LogP contribution in [0, 0.1) is 0 Å². The maximum atomic E-state index is 6.28. The van der Waals surface area contributed by atoms with Crippen LogP contribution in [0.4, 0.5) is 0 Å². The van der Waals surface area contributed by atoms with Gasteiger partial charge >= 0.3 is 0 Å². The lowest BCUT2D eigenvalue weighted by Crippen LogP contribution is -2.04. The Morgan fingerprint density at radius 2 is 1.69 bits per heavy atom. The molecule has 1 fully saturated rings. The molecule has 0 unspecified atom stereocenters. The van der Waals surface area contributed by atoms with E-state index < -0.39 is 0 Å². The van der Waals surface area contributed by atoms with Crippen molar-refractivity contribution in [1.29, 1.82) is 0 Å².